The van der Waals surface area contributed by atoms with E-state index in [2.05, 4.69) is 20.6 Å². The van der Waals surface area contributed by atoms with Crippen molar-refractivity contribution >= 4 is 46.5 Å². The first-order valence-corrected chi connectivity index (χ1v) is 24.1. The fraction of sp³-hybridized carbons (Fsp3) is 0.167. The zero-order valence-electron chi connectivity index (χ0n) is 41.2. The minimum atomic E-state index is -1.00. The molecule has 4 N–H and O–H groups in total. The molecule has 0 spiro atoms. The van der Waals surface area contributed by atoms with Gasteiger partial charge in [-0.1, -0.05) is 121 Å². The zero-order chi connectivity index (χ0) is 52.1. The van der Waals surface area contributed by atoms with E-state index in [1.165, 1.54) is 0 Å². The summed E-state index contributed by atoms with van der Waals surface area (Å²) in [6, 6.07) is 56.3. The van der Waals surface area contributed by atoms with Gasteiger partial charge in [-0.15, -0.1) is 0 Å². The molecule has 2 atom stereocenters. The lowest BCUT2D eigenvalue weighted by molar-refractivity contribution is -0.138. The smallest absolute Gasteiger partial charge is 0.326 e. The number of carboxylic acid groups (broad SMARTS) is 2. The molecule has 2 aromatic heterocycles. The summed E-state index contributed by atoms with van der Waals surface area (Å²) < 4.78 is 11.7. The van der Waals surface area contributed by atoms with Crippen molar-refractivity contribution < 1.29 is 38.9 Å². The second-order valence-corrected chi connectivity index (χ2v) is 17.2. The van der Waals surface area contributed by atoms with Gasteiger partial charge in [0.1, 0.15) is 48.4 Å². The molecule has 0 bridgehead atoms. The number of aromatic nitrogens is 2. The molecule has 8 rings (SSSR count). The van der Waals surface area contributed by atoms with Crippen LogP contribution in [-0.2, 0) is 22.4 Å². The molecule has 0 amide bonds. The topological polar surface area (TPSA) is 184 Å². The van der Waals surface area contributed by atoms with Crippen LogP contribution in [0.25, 0.3) is 0 Å². The number of nitrogens with one attached hydrogen (secondary N) is 2. The van der Waals surface area contributed by atoms with E-state index in [1.54, 1.807) is 109 Å². The quantitative estimate of drug-likeness (QED) is 0.0420. The van der Waals surface area contributed by atoms with Gasteiger partial charge < -0.3 is 40.1 Å². The predicted octanol–water partition coefficient (Wildman–Crippen LogP) is 9.87. The summed E-state index contributed by atoms with van der Waals surface area (Å²) in [5.74, 6) is 0.834. The normalized spacial score (nSPS) is 11.4. The first-order chi connectivity index (χ1) is 36.0. The van der Waals surface area contributed by atoms with E-state index in [-0.39, 0.29) is 24.4 Å². The molecule has 0 saturated carbocycles. The Morgan fingerprint density at radius 2 is 0.811 bits per heavy atom. The number of anilines is 4. The van der Waals surface area contributed by atoms with E-state index in [4.69, 9.17) is 9.47 Å². The average Bonchev–Trinajstić information content (AvgIpc) is 3.44. The lowest BCUT2D eigenvalue weighted by Gasteiger charge is -2.19. The number of nitrogens with zero attached hydrogens (tertiary/aromatic N) is 4. The van der Waals surface area contributed by atoms with E-state index in [1.807, 2.05) is 121 Å². The van der Waals surface area contributed by atoms with Crippen molar-refractivity contribution in [2.24, 2.45) is 0 Å². The molecule has 6 aromatic carbocycles. The highest BCUT2D eigenvalue weighted by molar-refractivity contribution is 6.13. The SMILES string of the molecule is CN(CCOc1ccc(CC(Nc2ccccc2C(=O)c2ccccc2)C(=O)O)cc1)c1ccccn1.CN(CCOc1ccc(C[C@H](Nc2ccccc2C(=O)c2ccccc2)C(=O)O)cc1)c1ccccn1. The molecule has 14 heteroatoms. The number of likely N-dealkylation sites (N-methyl/N-ethyl adjacent to an activating group) is 2. The van der Waals surface area contributed by atoms with E-state index < -0.39 is 24.0 Å². The van der Waals surface area contributed by atoms with Crippen LogP contribution in [0.4, 0.5) is 23.0 Å². The summed E-state index contributed by atoms with van der Waals surface area (Å²) in [5.41, 5.74) is 4.60. The third kappa shape index (κ3) is 15.3. The fourth-order valence-electron chi connectivity index (χ4n) is 7.78. The van der Waals surface area contributed by atoms with Crippen LogP contribution in [0.15, 0.2) is 207 Å². The van der Waals surface area contributed by atoms with Gasteiger partial charge in [0.05, 0.1) is 13.1 Å². The van der Waals surface area contributed by atoms with Crippen LogP contribution in [0.5, 0.6) is 11.5 Å². The predicted molar refractivity (Wildman–Crippen MR) is 289 cm³/mol. The summed E-state index contributed by atoms with van der Waals surface area (Å²) in [5, 5.41) is 25.9. The number of para-hydroxylation sites is 2. The number of carbonyl (C=O) groups is 4. The van der Waals surface area contributed by atoms with Gasteiger partial charge in [0, 0.05) is 73.0 Å². The second-order valence-electron chi connectivity index (χ2n) is 17.2. The highest BCUT2D eigenvalue weighted by Crippen LogP contribution is 2.24. The number of carbonyl (C=O) groups excluding carboxylic acids is 2. The third-order valence-electron chi connectivity index (χ3n) is 11.9. The van der Waals surface area contributed by atoms with Crippen LogP contribution in [0.2, 0.25) is 0 Å². The summed E-state index contributed by atoms with van der Waals surface area (Å²) in [7, 11) is 3.92. The third-order valence-corrected chi connectivity index (χ3v) is 11.9. The average molecular weight is 991 g/mol. The Hall–Kier alpha value is -9.30. The van der Waals surface area contributed by atoms with Crippen LogP contribution in [-0.4, -0.2) is 96.2 Å². The van der Waals surface area contributed by atoms with Gasteiger partial charge in [0.2, 0.25) is 0 Å². The number of pyridine rings is 2. The van der Waals surface area contributed by atoms with Gasteiger partial charge in [-0.25, -0.2) is 19.6 Å². The summed E-state index contributed by atoms with van der Waals surface area (Å²) in [6.07, 6.45) is 3.99. The van der Waals surface area contributed by atoms with Gasteiger partial charge in [0.15, 0.2) is 11.6 Å². The highest BCUT2D eigenvalue weighted by atomic mass is 16.5. The van der Waals surface area contributed by atoms with Crippen molar-refractivity contribution in [1.82, 2.24) is 9.97 Å². The van der Waals surface area contributed by atoms with Crippen molar-refractivity contribution in [3.05, 3.63) is 240 Å². The van der Waals surface area contributed by atoms with Gasteiger partial charge in [-0.3, -0.25) is 9.59 Å². The van der Waals surface area contributed by atoms with Gasteiger partial charge >= 0.3 is 11.9 Å². The Morgan fingerprint density at radius 1 is 0.459 bits per heavy atom. The summed E-state index contributed by atoms with van der Waals surface area (Å²) >= 11 is 0. The maximum Gasteiger partial charge on any atom is 0.326 e. The van der Waals surface area contributed by atoms with Crippen molar-refractivity contribution in [1.29, 1.82) is 0 Å². The van der Waals surface area contributed by atoms with Crippen LogP contribution in [0.3, 0.4) is 0 Å². The largest absolute Gasteiger partial charge is 0.492 e. The number of hydrogen-bond donors (Lipinski definition) is 4. The van der Waals surface area contributed by atoms with Crippen molar-refractivity contribution in [3.63, 3.8) is 0 Å². The number of ether oxygens (including phenoxy) is 2. The minimum Gasteiger partial charge on any atom is -0.492 e. The van der Waals surface area contributed by atoms with Crippen LogP contribution < -0.4 is 29.9 Å². The Morgan fingerprint density at radius 3 is 1.16 bits per heavy atom. The molecule has 0 saturated heterocycles. The van der Waals surface area contributed by atoms with Crippen LogP contribution in [0, 0.1) is 0 Å². The number of hydrogen-bond acceptors (Lipinski definition) is 12. The molecular formula is C60H58N6O8. The molecule has 376 valence electrons. The molecule has 2 heterocycles. The van der Waals surface area contributed by atoms with Crippen LogP contribution in [0.1, 0.15) is 43.0 Å². The molecule has 0 radical (unpaired) electrons. The number of rotatable bonds is 24. The molecule has 74 heavy (non-hydrogen) atoms. The lowest BCUT2D eigenvalue weighted by Crippen LogP contribution is -2.32. The molecule has 1 unspecified atom stereocenters. The fourth-order valence-corrected chi connectivity index (χ4v) is 7.78. The molecule has 8 aromatic rings. The van der Waals surface area contributed by atoms with E-state index >= 15 is 0 Å². The Bertz CT molecular complexity index is 2830. The van der Waals surface area contributed by atoms with E-state index in [0.29, 0.717) is 71.4 Å². The van der Waals surface area contributed by atoms with E-state index in [0.717, 1.165) is 22.8 Å². The van der Waals surface area contributed by atoms with Crippen LogP contribution >= 0.6 is 0 Å². The zero-order valence-corrected chi connectivity index (χ0v) is 41.2. The number of benzene rings is 6. The first-order valence-electron chi connectivity index (χ1n) is 24.1. The van der Waals surface area contributed by atoms with Gasteiger partial charge in [-0.2, -0.15) is 0 Å². The number of carboxylic acids is 2. The molecule has 14 nitrogen and oxygen atoms in total. The maximum absolute atomic E-state index is 13.0. The molecular weight excluding hydrogens is 933 g/mol. The standard InChI is InChI=1S/2C30H29N3O4/c2*1-33(28-13-7-8-18-31-28)19-20-37-24-16-14-22(15-17-24)21-27(30(35)36)32-26-12-6-5-11-25(26)29(34)23-9-3-2-4-10-23/h2*2-18,27,32H,19-21H2,1H3,(H,35,36)/t27-;/m0./s1. The number of ketones is 2. The monoisotopic (exact) mass is 990 g/mol. The molecule has 0 aliphatic heterocycles. The Kier molecular flexibility index (Phi) is 19.0. The number of aliphatic carboxylic acids is 2. The summed E-state index contributed by atoms with van der Waals surface area (Å²) in [4.78, 5) is 62.8. The van der Waals surface area contributed by atoms with Gasteiger partial charge in [-0.05, 0) is 83.9 Å². The molecule has 0 aliphatic rings. The molecule has 0 fully saturated rings. The van der Waals surface area contributed by atoms with E-state index in [9.17, 15) is 29.4 Å². The van der Waals surface area contributed by atoms with Crippen molar-refractivity contribution in [3.8, 4) is 11.5 Å². The van der Waals surface area contributed by atoms with Crippen molar-refractivity contribution in [2.45, 2.75) is 24.9 Å². The summed E-state index contributed by atoms with van der Waals surface area (Å²) in [6.45, 7) is 2.31. The Labute approximate surface area is 430 Å². The van der Waals surface area contributed by atoms with Gasteiger partial charge in [0.25, 0.3) is 0 Å². The first kappa shape index (κ1) is 52.5. The lowest BCUT2D eigenvalue weighted by atomic mass is 10.00. The minimum absolute atomic E-state index is 0.164. The highest BCUT2D eigenvalue weighted by Gasteiger charge is 2.23. The Balaban J connectivity index is 0.000000216. The maximum atomic E-state index is 13.0. The second kappa shape index (κ2) is 26.8. The van der Waals surface area contributed by atoms with Crippen molar-refractivity contribution in [2.75, 3.05) is 60.8 Å². The molecule has 0 aliphatic carbocycles.